The summed E-state index contributed by atoms with van der Waals surface area (Å²) in [7, 11) is 1.60. The number of ether oxygens (including phenoxy) is 1. The van der Waals surface area contributed by atoms with Crippen LogP contribution in [0.5, 0.6) is 5.75 Å². The van der Waals surface area contributed by atoms with Crippen LogP contribution in [0.15, 0.2) is 48.5 Å². The summed E-state index contributed by atoms with van der Waals surface area (Å²) >= 11 is 0. The van der Waals surface area contributed by atoms with Crippen molar-refractivity contribution in [1.82, 2.24) is 10.2 Å². The molecule has 0 radical (unpaired) electrons. The molecule has 5 N–H and O–H groups in total. The summed E-state index contributed by atoms with van der Waals surface area (Å²) in [5.41, 5.74) is 8.70. The first-order valence-corrected chi connectivity index (χ1v) is 7.70. The van der Waals surface area contributed by atoms with Gasteiger partial charge in [0.25, 0.3) is 5.91 Å². The highest BCUT2D eigenvalue weighted by Crippen LogP contribution is 2.25. The van der Waals surface area contributed by atoms with Crippen LogP contribution in [0.2, 0.25) is 0 Å². The van der Waals surface area contributed by atoms with Gasteiger partial charge >= 0.3 is 0 Å². The second kappa shape index (κ2) is 6.96. The van der Waals surface area contributed by atoms with Gasteiger partial charge in [0.15, 0.2) is 5.82 Å². The molecule has 0 atom stereocenters. The maximum atomic E-state index is 12.6. The van der Waals surface area contributed by atoms with Gasteiger partial charge in [-0.1, -0.05) is 17.7 Å². The average Bonchev–Trinajstić information content (AvgIpc) is 2.98. The zero-order chi connectivity index (χ0) is 17.8. The Morgan fingerprint density at radius 2 is 1.72 bits per heavy atom. The molecule has 0 bridgehead atoms. The lowest BCUT2D eigenvalue weighted by Gasteiger charge is -2.09. The van der Waals surface area contributed by atoms with Gasteiger partial charge in [-0.3, -0.25) is 9.89 Å². The number of hydrogen-bond donors (Lipinski definition) is 4. The van der Waals surface area contributed by atoms with E-state index in [1.807, 2.05) is 55.5 Å². The van der Waals surface area contributed by atoms with Crippen LogP contribution in [0.1, 0.15) is 15.9 Å². The van der Waals surface area contributed by atoms with E-state index in [0.717, 1.165) is 17.0 Å². The highest BCUT2D eigenvalue weighted by molar-refractivity contribution is 6.11. The molecule has 2 aromatic carbocycles. The summed E-state index contributed by atoms with van der Waals surface area (Å²) in [6.07, 6.45) is 0. The highest BCUT2D eigenvalue weighted by atomic mass is 16.5. The SMILES string of the molecule is COc1ccc(Nc2n[nH]c(N)c2C(=O)Nc2ccc(C)cc2)cc1. The first kappa shape index (κ1) is 16.4. The van der Waals surface area contributed by atoms with Crippen molar-refractivity contribution in [2.75, 3.05) is 23.5 Å². The molecule has 3 aromatic rings. The minimum absolute atomic E-state index is 0.195. The number of aromatic amines is 1. The minimum atomic E-state index is -0.342. The number of carbonyl (C=O) groups is 1. The Balaban J connectivity index is 1.80. The number of nitrogens with zero attached hydrogens (tertiary/aromatic N) is 1. The third-order valence-electron chi connectivity index (χ3n) is 3.68. The molecule has 1 aromatic heterocycles. The van der Waals surface area contributed by atoms with Gasteiger partial charge in [-0.25, -0.2) is 0 Å². The van der Waals surface area contributed by atoms with E-state index in [9.17, 15) is 4.79 Å². The fraction of sp³-hybridized carbons (Fsp3) is 0.111. The number of nitrogens with one attached hydrogen (secondary N) is 3. The lowest BCUT2D eigenvalue weighted by atomic mass is 10.2. The molecule has 0 aliphatic rings. The van der Waals surface area contributed by atoms with E-state index >= 15 is 0 Å². The summed E-state index contributed by atoms with van der Waals surface area (Å²) in [6, 6.07) is 14.8. The number of amides is 1. The molecular formula is C18H19N5O2. The van der Waals surface area contributed by atoms with Crippen LogP contribution < -0.4 is 21.1 Å². The molecule has 0 fully saturated rings. The predicted molar refractivity (Wildman–Crippen MR) is 98.4 cm³/mol. The molecule has 0 spiro atoms. The number of carbonyl (C=O) groups excluding carboxylic acids is 1. The number of anilines is 4. The molecule has 0 saturated carbocycles. The minimum Gasteiger partial charge on any atom is -0.497 e. The number of nitrogen functional groups attached to an aromatic ring is 1. The van der Waals surface area contributed by atoms with E-state index < -0.39 is 0 Å². The Morgan fingerprint density at radius 1 is 1.08 bits per heavy atom. The van der Waals surface area contributed by atoms with Crippen LogP contribution in [0.4, 0.5) is 23.0 Å². The number of rotatable bonds is 5. The molecule has 7 nitrogen and oxygen atoms in total. The Kier molecular flexibility index (Phi) is 4.56. The fourth-order valence-electron chi connectivity index (χ4n) is 2.32. The third-order valence-corrected chi connectivity index (χ3v) is 3.68. The maximum absolute atomic E-state index is 12.6. The van der Waals surface area contributed by atoms with E-state index in [-0.39, 0.29) is 17.3 Å². The highest BCUT2D eigenvalue weighted by Gasteiger charge is 2.19. The van der Waals surface area contributed by atoms with Gasteiger partial charge in [0.05, 0.1) is 7.11 Å². The van der Waals surface area contributed by atoms with Gasteiger partial charge in [0.1, 0.15) is 17.1 Å². The average molecular weight is 337 g/mol. The van der Waals surface area contributed by atoms with Gasteiger partial charge in [-0.05, 0) is 43.3 Å². The van der Waals surface area contributed by atoms with Crippen molar-refractivity contribution in [2.45, 2.75) is 6.92 Å². The number of benzene rings is 2. The van der Waals surface area contributed by atoms with E-state index in [0.29, 0.717) is 11.5 Å². The van der Waals surface area contributed by atoms with Crippen LogP contribution in [-0.4, -0.2) is 23.2 Å². The fourth-order valence-corrected chi connectivity index (χ4v) is 2.32. The summed E-state index contributed by atoms with van der Waals surface area (Å²) in [5, 5.41) is 12.6. The number of hydrogen-bond acceptors (Lipinski definition) is 5. The molecule has 1 heterocycles. The van der Waals surface area contributed by atoms with Crippen molar-refractivity contribution < 1.29 is 9.53 Å². The van der Waals surface area contributed by atoms with Crippen LogP contribution in [0.3, 0.4) is 0 Å². The summed E-state index contributed by atoms with van der Waals surface area (Å²) in [4.78, 5) is 12.6. The molecular weight excluding hydrogens is 318 g/mol. The lowest BCUT2D eigenvalue weighted by Crippen LogP contribution is -2.14. The van der Waals surface area contributed by atoms with E-state index in [1.54, 1.807) is 7.11 Å². The van der Waals surface area contributed by atoms with Crippen molar-refractivity contribution in [3.05, 3.63) is 59.7 Å². The monoisotopic (exact) mass is 337 g/mol. The number of aryl methyl sites for hydroxylation is 1. The number of nitrogens with two attached hydrogens (primary N) is 1. The third kappa shape index (κ3) is 3.72. The molecule has 3 rings (SSSR count). The van der Waals surface area contributed by atoms with E-state index in [4.69, 9.17) is 10.5 Å². The Bertz CT molecular complexity index is 869. The zero-order valence-corrected chi connectivity index (χ0v) is 14.0. The first-order chi connectivity index (χ1) is 12.1. The molecule has 0 unspecified atom stereocenters. The largest absolute Gasteiger partial charge is 0.497 e. The van der Waals surface area contributed by atoms with Crippen molar-refractivity contribution in [3.8, 4) is 5.75 Å². The topological polar surface area (TPSA) is 105 Å². The number of aromatic nitrogens is 2. The summed E-state index contributed by atoms with van der Waals surface area (Å²) in [6.45, 7) is 1.98. The van der Waals surface area contributed by atoms with Gasteiger partial charge in [-0.2, -0.15) is 5.10 Å². The number of H-pyrrole nitrogens is 1. The second-order valence-corrected chi connectivity index (χ2v) is 5.53. The quantitative estimate of drug-likeness (QED) is 0.572. The van der Waals surface area contributed by atoms with Crippen molar-refractivity contribution in [1.29, 1.82) is 0 Å². The Morgan fingerprint density at radius 3 is 2.36 bits per heavy atom. The van der Waals surface area contributed by atoms with Crippen molar-refractivity contribution in [2.24, 2.45) is 0 Å². The molecule has 7 heteroatoms. The van der Waals surface area contributed by atoms with Crippen LogP contribution in [0, 0.1) is 6.92 Å². The molecule has 25 heavy (non-hydrogen) atoms. The van der Waals surface area contributed by atoms with Gasteiger partial charge in [0, 0.05) is 11.4 Å². The molecule has 1 amide bonds. The van der Waals surface area contributed by atoms with E-state index in [2.05, 4.69) is 20.8 Å². The summed E-state index contributed by atoms with van der Waals surface area (Å²) in [5.74, 6) is 0.948. The van der Waals surface area contributed by atoms with Crippen molar-refractivity contribution >= 4 is 28.9 Å². The van der Waals surface area contributed by atoms with Crippen LogP contribution >= 0.6 is 0 Å². The Hall–Kier alpha value is -3.48. The lowest BCUT2D eigenvalue weighted by molar-refractivity contribution is 0.102. The second-order valence-electron chi connectivity index (χ2n) is 5.53. The number of methoxy groups -OCH3 is 1. The van der Waals surface area contributed by atoms with Crippen molar-refractivity contribution in [3.63, 3.8) is 0 Å². The van der Waals surface area contributed by atoms with Gasteiger partial charge < -0.3 is 21.1 Å². The smallest absolute Gasteiger partial charge is 0.263 e. The van der Waals surface area contributed by atoms with Gasteiger partial charge in [-0.15, -0.1) is 0 Å². The molecule has 0 saturated heterocycles. The molecule has 0 aliphatic carbocycles. The maximum Gasteiger partial charge on any atom is 0.263 e. The molecule has 0 aliphatic heterocycles. The summed E-state index contributed by atoms with van der Waals surface area (Å²) < 4.78 is 5.13. The van der Waals surface area contributed by atoms with Gasteiger partial charge in [0.2, 0.25) is 0 Å². The molecule has 128 valence electrons. The van der Waals surface area contributed by atoms with Crippen LogP contribution in [-0.2, 0) is 0 Å². The standard InChI is InChI=1S/C18H19N5O2/c1-11-3-5-13(6-4-11)21-18(24)15-16(19)22-23-17(15)20-12-7-9-14(25-2)10-8-12/h3-10H,1-2H3,(H,21,24)(H4,19,20,22,23). The zero-order valence-electron chi connectivity index (χ0n) is 14.0. The van der Waals surface area contributed by atoms with E-state index in [1.165, 1.54) is 0 Å². The Labute approximate surface area is 145 Å². The first-order valence-electron chi connectivity index (χ1n) is 7.70. The predicted octanol–water partition coefficient (Wildman–Crippen LogP) is 3.30. The van der Waals surface area contributed by atoms with Crippen LogP contribution in [0.25, 0.3) is 0 Å². The normalized spacial score (nSPS) is 10.3.